The van der Waals surface area contributed by atoms with Crippen molar-refractivity contribution in [2.75, 3.05) is 6.61 Å². The lowest BCUT2D eigenvalue weighted by Gasteiger charge is -2.36. The van der Waals surface area contributed by atoms with E-state index in [1.165, 1.54) is 19.1 Å². The van der Waals surface area contributed by atoms with Gasteiger partial charge in [0.25, 0.3) is 5.69 Å². The summed E-state index contributed by atoms with van der Waals surface area (Å²) in [5.74, 6) is 1.38. The number of ether oxygens (including phenoxy) is 3. The van der Waals surface area contributed by atoms with E-state index >= 15 is 0 Å². The highest BCUT2D eigenvalue weighted by Crippen LogP contribution is 2.45. The Hall–Kier alpha value is -3.35. The lowest BCUT2D eigenvalue weighted by atomic mass is 9.71. The second kappa shape index (κ2) is 9.12. The summed E-state index contributed by atoms with van der Waals surface area (Å²) in [6.07, 6.45) is 4.72. The summed E-state index contributed by atoms with van der Waals surface area (Å²) in [4.78, 5) is 22.2. The first-order chi connectivity index (χ1) is 15.7. The molecule has 34 heavy (non-hydrogen) atoms. The molecule has 1 aliphatic rings. The van der Waals surface area contributed by atoms with Crippen LogP contribution in [0.15, 0.2) is 42.5 Å². The number of carbonyl (C=O) groups is 1. The van der Waals surface area contributed by atoms with E-state index in [4.69, 9.17) is 14.2 Å². The van der Waals surface area contributed by atoms with Crippen molar-refractivity contribution in [3.63, 3.8) is 0 Å². The van der Waals surface area contributed by atoms with E-state index in [1.807, 2.05) is 31.2 Å². The molecule has 0 spiro atoms. The maximum atomic E-state index is 11.8. The Morgan fingerprint density at radius 1 is 1.12 bits per heavy atom. The van der Waals surface area contributed by atoms with Crippen molar-refractivity contribution < 1.29 is 23.9 Å². The summed E-state index contributed by atoms with van der Waals surface area (Å²) < 4.78 is 17.8. The average Bonchev–Trinajstić information content (AvgIpc) is 2.70. The topological polar surface area (TPSA) is 87.9 Å². The van der Waals surface area contributed by atoms with E-state index in [1.54, 1.807) is 12.1 Å². The molecule has 0 saturated heterocycles. The monoisotopic (exact) mass is 467 g/mol. The second-order valence-corrected chi connectivity index (χ2v) is 10.9. The Morgan fingerprint density at radius 2 is 1.76 bits per heavy atom. The molecule has 1 atom stereocenters. The number of benzene rings is 2. The van der Waals surface area contributed by atoms with Gasteiger partial charge in [0.15, 0.2) is 5.60 Å². The fourth-order valence-electron chi connectivity index (χ4n) is 4.50. The van der Waals surface area contributed by atoms with Crippen LogP contribution in [0, 0.1) is 15.5 Å². The van der Waals surface area contributed by atoms with Gasteiger partial charge in [-0.15, -0.1) is 0 Å². The van der Waals surface area contributed by atoms with Crippen LogP contribution in [-0.4, -0.2) is 23.1 Å². The lowest BCUT2D eigenvalue weighted by Crippen LogP contribution is -2.38. The molecule has 0 bridgehead atoms. The quantitative estimate of drug-likeness (QED) is 0.200. The molecule has 0 aromatic heterocycles. The van der Waals surface area contributed by atoms with Crippen molar-refractivity contribution >= 4 is 17.7 Å². The molecule has 0 aliphatic carbocycles. The van der Waals surface area contributed by atoms with Gasteiger partial charge in [-0.05, 0) is 54.5 Å². The van der Waals surface area contributed by atoms with Gasteiger partial charge in [-0.25, -0.2) is 0 Å². The second-order valence-electron chi connectivity index (χ2n) is 10.9. The third-order valence-electron chi connectivity index (χ3n) is 5.60. The van der Waals surface area contributed by atoms with Gasteiger partial charge in [0, 0.05) is 30.2 Å². The predicted octanol–water partition coefficient (Wildman–Crippen LogP) is 6.48. The van der Waals surface area contributed by atoms with Gasteiger partial charge in [-0.1, -0.05) is 40.7 Å². The standard InChI is InChI=1S/C27H33NO6/c1-18(29)33-24-14-19-12-13-27(7,17-32-21-10-8-20(9-11-21)28(30)31)34-23(19)15-22(24)26(5,6)16-25(2,3)4/h8-15H,16-17H2,1-7H3. The van der Waals surface area contributed by atoms with Gasteiger partial charge in [-0.2, -0.15) is 0 Å². The SMILES string of the molecule is CC(=O)Oc1cc2c(cc1C(C)(C)CC(C)(C)C)OC(C)(COc1ccc([N+](=O)[O-])cc1)C=C2. The third-order valence-corrected chi connectivity index (χ3v) is 5.60. The fraction of sp³-hybridized carbons (Fsp3) is 0.444. The highest BCUT2D eigenvalue weighted by molar-refractivity contribution is 5.72. The van der Waals surface area contributed by atoms with Gasteiger partial charge < -0.3 is 14.2 Å². The zero-order chi connectivity index (χ0) is 25.3. The van der Waals surface area contributed by atoms with Crippen LogP contribution in [0.1, 0.15) is 66.0 Å². The van der Waals surface area contributed by atoms with Crippen molar-refractivity contribution in [3.8, 4) is 17.2 Å². The van der Waals surface area contributed by atoms with Crippen molar-refractivity contribution in [1.82, 2.24) is 0 Å². The van der Waals surface area contributed by atoms with Gasteiger partial charge in [0.1, 0.15) is 23.9 Å². The summed E-state index contributed by atoms with van der Waals surface area (Å²) in [7, 11) is 0. The number of hydrogen-bond donors (Lipinski definition) is 0. The first kappa shape index (κ1) is 25.3. The van der Waals surface area contributed by atoms with E-state index in [0.717, 1.165) is 17.5 Å². The Morgan fingerprint density at radius 3 is 2.32 bits per heavy atom. The number of hydrogen-bond acceptors (Lipinski definition) is 6. The largest absolute Gasteiger partial charge is 0.489 e. The summed E-state index contributed by atoms with van der Waals surface area (Å²) in [5, 5.41) is 10.9. The van der Waals surface area contributed by atoms with E-state index in [0.29, 0.717) is 17.2 Å². The Labute approximate surface area is 200 Å². The zero-order valence-corrected chi connectivity index (χ0v) is 20.9. The summed E-state index contributed by atoms with van der Waals surface area (Å²) in [6, 6.07) is 9.77. The number of nitro benzene ring substituents is 1. The minimum Gasteiger partial charge on any atom is -0.489 e. The molecule has 1 aliphatic heterocycles. The maximum absolute atomic E-state index is 11.8. The van der Waals surface area contributed by atoms with Gasteiger partial charge in [0.2, 0.25) is 0 Å². The summed E-state index contributed by atoms with van der Waals surface area (Å²) >= 11 is 0. The van der Waals surface area contributed by atoms with E-state index in [2.05, 4.69) is 34.6 Å². The number of nitro groups is 1. The van der Waals surface area contributed by atoms with Crippen LogP contribution in [0.4, 0.5) is 5.69 Å². The number of rotatable bonds is 7. The highest BCUT2D eigenvalue weighted by Gasteiger charge is 2.34. The molecule has 1 heterocycles. The van der Waals surface area contributed by atoms with E-state index in [-0.39, 0.29) is 29.1 Å². The van der Waals surface area contributed by atoms with E-state index < -0.39 is 10.5 Å². The third kappa shape index (κ3) is 6.16. The molecule has 7 nitrogen and oxygen atoms in total. The van der Waals surface area contributed by atoms with Crippen molar-refractivity contribution in [3.05, 3.63) is 63.7 Å². The molecular formula is C27H33NO6. The highest BCUT2D eigenvalue weighted by atomic mass is 16.6. The van der Waals surface area contributed by atoms with Crippen LogP contribution in [0.25, 0.3) is 6.08 Å². The molecule has 0 saturated carbocycles. The normalized spacial score (nSPS) is 17.5. The smallest absolute Gasteiger partial charge is 0.308 e. The molecule has 2 aromatic carbocycles. The summed E-state index contributed by atoms with van der Waals surface area (Å²) in [6.45, 7) is 14.4. The van der Waals surface area contributed by atoms with Gasteiger partial charge in [-0.3, -0.25) is 14.9 Å². The van der Waals surface area contributed by atoms with Crippen LogP contribution < -0.4 is 14.2 Å². The first-order valence-corrected chi connectivity index (χ1v) is 11.3. The Kier molecular flexibility index (Phi) is 6.78. The molecule has 0 radical (unpaired) electrons. The zero-order valence-electron chi connectivity index (χ0n) is 20.9. The molecule has 182 valence electrons. The van der Waals surface area contributed by atoms with Crippen LogP contribution in [0.5, 0.6) is 17.2 Å². The number of non-ortho nitro benzene ring substituents is 1. The van der Waals surface area contributed by atoms with Gasteiger partial charge in [0.05, 0.1) is 4.92 Å². The summed E-state index contributed by atoms with van der Waals surface area (Å²) in [5.41, 5.74) is 0.790. The fourth-order valence-corrected chi connectivity index (χ4v) is 4.50. The number of fused-ring (bicyclic) bond motifs is 1. The molecule has 2 aromatic rings. The number of carbonyl (C=O) groups excluding carboxylic acids is 1. The number of nitrogens with zero attached hydrogens (tertiary/aromatic N) is 1. The molecule has 7 heteroatoms. The van der Waals surface area contributed by atoms with Crippen LogP contribution in [0.3, 0.4) is 0 Å². The Bertz CT molecular complexity index is 1110. The molecule has 1 unspecified atom stereocenters. The van der Waals surface area contributed by atoms with E-state index in [9.17, 15) is 14.9 Å². The van der Waals surface area contributed by atoms with Crippen molar-refractivity contribution in [2.24, 2.45) is 5.41 Å². The van der Waals surface area contributed by atoms with Crippen molar-refractivity contribution in [2.45, 2.75) is 65.9 Å². The number of esters is 1. The van der Waals surface area contributed by atoms with Crippen LogP contribution >= 0.6 is 0 Å². The van der Waals surface area contributed by atoms with Gasteiger partial charge >= 0.3 is 5.97 Å². The molecular weight excluding hydrogens is 434 g/mol. The first-order valence-electron chi connectivity index (χ1n) is 11.3. The molecule has 0 N–H and O–H groups in total. The Balaban J connectivity index is 1.87. The maximum Gasteiger partial charge on any atom is 0.308 e. The molecule has 0 fully saturated rings. The lowest BCUT2D eigenvalue weighted by molar-refractivity contribution is -0.384. The van der Waals surface area contributed by atoms with Crippen LogP contribution in [0.2, 0.25) is 0 Å². The van der Waals surface area contributed by atoms with Crippen LogP contribution in [-0.2, 0) is 10.2 Å². The average molecular weight is 468 g/mol. The predicted molar refractivity (Wildman–Crippen MR) is 132 cm³/mol. The minimum atomic E-state index is -0.747. The van der Waals surface area contributed by atoms with Crippen molar-refractivity contribution in [1.29, 1.82) is 0 Å². The minimum absolute atomic E-state index is 0.00952. The molecule has 3 rings (SSSR count). The molecule has 0 amide bonds.